The summed E-state index contributed by atoms with van der Waals surface area (Å²) in [6.07, 6.45) is -7.03. The zero-order valence-electron chi connectivity index (χ0n) is 7.82. The second kappa shape index (κ2) is 4.61. The van der Waals surface area contributed by atoms with Gasteiger partial charge >= 0.3 is 12.1 Å². The smallest absolute Gasteiger partial charge is 0.379 e. The zero-order chi connectivity index (χ0) is 11.5. The highest BCUT2D eigenvalue weighted by Crippen LogP contribution is 2.38. The van der Waals surface area contributed by atoms with Gasteiger partial charge in [0.25, 0.3) is 0 Å². The zero-order valence-corrected chi connectivity index (χ0v) is 7.82. The molecule has 15 heavy (non-hydrogen) atoms. The van der Waals surface area contributed by atoms with Gasteiger partial charge in [-0.15, -0.1) is 0 Å². The molecule has 0 bridgehead atoms. The number of hydrogen-bond donors (Lipinski definition) is 0. The summed E-state index contributed by atoms with van der Waals surface area (Å²) in [5.74, 6) is -4.62. The maximum absolute atomic E-state index is 12.3. The molecule has 1 aliphatic rings. The lowest BCUT2D eigenvalue weighted by Crippen LogP contribution is -2.36. The van der Waals surface area contributed by atoms with Gasteiger partial charge in [0.1, 0.15) is 6.10 Å². The molecule has 0 amide bonds. The average Bonchev–Trinajstić information content (AvgIpc) is 2.85. The minimum absolute atomic E-state index is 0.00636. The van der Waals surface area contributed by atoms with E-state index in [2.05, 4.69) is 0 Å². The fraction of sp³-hybridized carbons (Fsp3) is 1.00. The first-order valence-corrected chi connectivity index (χ1v) is 4.47. The van der Waals surface area contributed by atoms with Gasteiger partial charge < -0.3 is 9.47 Å². The van der Waals surface area contributed by atoms with Crippen LogP contribution in [0.3, 0.4) is 0 Å². The number of rotatable bonds is 6. The highest BCUT2D eigenvalue weighted by Gasteiger charge is 2.56. The third-order valence-electron chi connectivity index (χ3n) is 1.90. The summed E-state index contributed by atoms with van der Waals surface area (Å²) in [6.45, 7) is 0.724. The second-order valence-electron chi connectivity index (χ2n) is 3.34. The Morgan fingerprint density at radius 1 is 1.20 bits per heavy atom. The molecule has 1 unspecified atom stereocenters. The molecule has 7 heteroatoms. The third kappa shape index (κ3) is 4.29. The lowest BCUT2D eigenvalue weighted by molar-refractivity contribution is -0.285. The van der Waals surface area contributed by atoms with E-state index in [1.54, 1.807) is 0 Å². The van der Waals surface area contributed by atoms with E-state index in [4.69, 9.17) is 9.47 Å². The van der Waals surface area contributed by atoms with Crippen LogP contribution in [0.5, 0.6) is 0 Å². The quantitative estimate of drug-likeness (QED) is 0.400. The summed E-state index contributed by atoms with van der Waals surface area (Å²) < 4.78 is 69.3. The van der Waals surface area contributed by atoms with E-state index >= 15 is 0 Å². The van der Waals surface area contributed by atoms with Gasteiger partial charge in [-0.3, -0.25) is 0 Å². The Bertz CT molecular complexity index is 200. The van der Waals surface area contributed by atoms with Gasteiger partial charge in [0.05, 0.1) is 13.2 Å². The van der Waals surface area contributed by atoms with Crippen molar-refractivity contribution in [2.24, 2.45) is 0 Å². The first-order chi connectivity index (χ1) is 6.83. The highest BCUT2D eigenvalue weighted by molar-refractivity contribution is 4.75. The molecule has 0 aromatic heterocycles. The van der Waals surface area contributed by atoms with E-state index < -0.39 is 18.5 Å². The van der Waals surface area contributed by atoms with E-state index in [-0.39, 0.29) is 25.7 Å². The molecule has 1 heterocycles. The lowest BCUT2D eigenvalue weighted by atomic mass is 10.2. The van der Waals surface area contributed by atoms with E-state index in [1.807, 2.05) is 0 Å². The Kier molecular flexibility index (Phi) is 3.88. The van der Waals surface area contributed by atoms with Crippen LogP contribution in [0.25, 0.3) is 0 Å². The first-order valence-electron chi connectivity index (χ1n) is 4.47. The van der Waals surface area contributed by atoms with Gasteiger partial charge in [-0.1, -0.05) is 0 Å². The predicted molar refractivity (Wildman–Crippen MR) is 40.8 cm³/mol. The lowest BCUT2D eigenvalue weighted by Gasteiger charge is -2.19. The normalized spacial score (nSPS) is 21.8. The van der Waals surface area contributed by atoms with Crippen molar-refractivity contribution < 1.29 is 31.4 Å². The molecule has 90 valence electrons. The van der Waals surface area contributed by atoms with Crippen molar-refractivity contribution in [3.05, 3.63) is 0 Å². The van der Waals surface area contributed by atoms with E-state index in [0.717, 1.165) is 0 Å². The molecule has 2 nitrogen and oxygen atoms in total. The van der Waals surface area contributed by atoms with Gasteiger partial charge in [0.15, 0.2) is 0 Å². The first kappa shape index (κ1) is 12.6. The van der Waals surface area contributed by atoms with Crippen LogP contribution in [-0.4, -0.2) is 38.0 Å². The number of halogens is 5. The third-order valence-corrected chi connectivity index (χ3v) is 1.90. The Labute approximate surface area is 83.3 Å². The molecule has 1 saturated heterocycles. The highest BCUT2D eigenvalue weighted by atomic mass is 19.4. The van der Waals surface area contributed by atoms with Gasteiger partial charge in [-0.25, -0.2) is 0 Å². The summed E-state index contributed by atoms with van der Waals surface area (Å²) in [6, 6.07) is 0. The maximum atomic E-state index is 12.3. The summed E-state index contributed by atoms with van der Waals surface area (Å²) in [7, 11) is 0. The second-order valence-corrected chi connectivity index (χ2v) is 3.34. The minimum atomic E-state index is -5.47. The molecule has 0 radical (unpaired) electrons. The summed E-state index contributed by atoms with van der Waals surface area (Å²) in [5.41, 5.74) is 0. The van der Waals surface area contributed by atoms with E-state index in [0.29, 0.717) is 6.61 Å². The maximum Gasteiger partial charge on any atom is 0.453 e. The minimum Gasteiger partial charge on any atom is -0.379 e. The Morgan fingerprint density at radius 3 is 2.27 bits per heavy atom. The summed E-state index contributed by atoms with van der Waals surface area (Å²) >= 11 is 0. The SMILES string of the molecule is FC(F)(F)C(F)(F)CCCOCC1CO1. The van der Waals surface area contributed by atoms with Crippen LogP contribution in [0, 0.1) is 0 Å². The molecule has 0 aromatic rings. The summed E-state index contributed by atoms with van der Waals surface area (Å²) in [5, 5.41) is 0. The Morgan fingerprint density at radius 2 is 1.80 bits per heavy atom. The fourth-order valence-corrected chi connectivity index (χ4v) is 0.917. The molecular weight excluding hydrogens is 223 g/mol. The number of epoxide rings is 1. The van der Waals surface area contributed by atoms with Crippen LogP contribution in [0.15, 0.2) is 0 Å². The predicted octanol–water partition coefficient (Wildman–Crippen LogP) is 2.38. The number of alkyl halides is 5. The van der Waals surface area contributed by atoms with Crippen molar-refractivity contribution in [1.29, 1.82) is 0 Å². The van der Waals surface area contributed by atoms with Crippen LogP contribution < -0.4 is 0 Å². The fourth-order valence-electron chi connectivity index (χ4n) is 0.917. The van der Waals surface area contributed by atoms with Crippen molar-refractivity contribution in [2.75, 3.05) is 19.8 Å². The molecule has 0 aliphatic carbocycles. The Balaban J connectivity index is 2.06. The van der Waals surface area contributed by atoms with Crippen molar-refractivity contribution in [3.63, 3.8) is 0 Å². The van der Waals surface area contributed by atoms with Crippen molar-refractivity contribution in [1.82, 2.24) is 0 Å². The van der Waals surface area contributed by atoms with E-state index in [9.17, 15) is 22.0 Å². The van der Waals surface area contributed by atoms with Crippen LogP contribution in [-0.2, 0) is 9.47 Å². The van der Waals surface area contributed by atoms with Crippen LogP contribution in [0.2, 0.25) is 0 Å². The largest absolute Gasteiger partial charge is 0.453 e. The van der Waals surface area contributed by atoms with Crippen LogP contribution in [0.4, 0.5) is 22.0 Å². The van der Waals surface area contributed by atoms with Crippen LogP contribution >= 0.6 is 0 Å². The Hall–Kier alpha value is -0.430. The molecule has 1 rings (SSSR count). The number of hydrogen-bond acceptors (Lipinski definition) is 2. The number of ether oxygens (including phenoxy) is 2. The van der Waals surface area contributed by atoms with E-state index in [1.165, 1.54) is 0 Å². The standard InChI is InChI=1S/C8H11F5O2/c9-7(10,8(11,12)13)2-1-3-14-4-6-5-15-6/h6H,1-5H2. The average molecular weight is 234 g/mol. The molecule has 0 N–H and O–H groups in total. The van der Waals surface area contributed by atoms with Crippen molar-refractivity contribution in [3.8, 4) is 0 Å². The molecule has 0 spiro atoms. The van der Waals surface area contributed by atoms with Gasteiger partial charge in [-0.2, -0.15) is 22.0 Å². The van der Waals surface area contributed by atoms with Crippen molar-refractivity contribution in [2.45, 2.75) is 31.0 Å². The molecule has 1 atom stereocenters. The molecule has 1 aliphatic heterocycles. The monoisotopic (exact) mass is 234 g/mol. The van der Waals surface area contributed by atoms with Gasteiger partial charge in [0, 0.05) is 13.0 Å². The van der Waals surface area contributed by atoms with Crippen LogP contribution in [0.1, 0.15) is 12.8 Å². The van der Waals surface area contributed by atoms with Gasteiger partial charge in [0.2, 0.25) is 0 Å². The topological polar surface area (TPSA) is 21.8 Å². The van der Waals surface area contributed by atoms with Gasteiger partial charge in [-0.05, 0) is 6.42 Å². The molecule has 0 aromatic carbocycles. The van der Waals surface area contributed by atoms with Crippen molar-refractivity contribution >= 4 is 0 Å². The summed E-state index contributed by atoms with van der Waals surface area (Å²) in [4.78, 5) is 0. The molecule has 1 fully saturated rings. The molecule has 0 saturated carbocycles. The molecular formula is C8H11F5O2.